The molecule has 0 saturated carbocycles. The molecule has 0 spiro atoms. The summed E-state index contributed by atoms with van der Waals surface area (Å²) in [4.78, 5) is 28.8. The Balaban J connectivity index is 1.93. The average Bonchev–Trinajstić information content (AvgIpc) is 2.60. The van der Waals surface area contributed by atoms with Crippen molar-refractivity contribution in [3.8, 4) is 0 Å². The number of rotatable bonds is 6. The number of hydrogen-bond donors (Lipinski definition) is 0. The number of halogens is 1. The first-order valence-corrected chi connectivity index (χ1v) is 8.90. The van der Waals surface area contributed by atoms with Gasteiger partial charge in [0.1, 0.15) is 5.82 Å². The molecular weight excluding hydrogens is 307 g/mol. The van der Waals surface area contributed by atoms with Gasteiger partial charge in [0.15, 0.2) is 0 Å². The highest BCUT2D eigenvalue weighted by molar-refractivity contribution is 5.94. The number of likely N-dealkylation sites (tertiary alicyclic amines) is 1. The molecule has 1 aromatic carbocycles. The summed E-state index contributed by atoms with van der Waals surface area (Å²) in [5, 5.41) is 0. The number of amides is 2. The molecule has 2 amide bonds. The van der Waals surface area contributed by atoms with Crippen LogP contribution in [0.2, 0.25) is 0 Å². The Morgan fingerprint density at radius 2 is 1.79 bits per heavy atom. The maximum absolute atomic E-state index is 13.3. The summed E-state index contributed by atoms with van der Waals surface area (Å²) in [7, 11) is 0. The second-order valence-electron chi connectivity index (χ2n) is 6.40. The van der Waals surface area contributed by atoms with Crippen LogP contribution in [0.3, 0.4) is 0 Å². The summed E-state index contributed by atoms with van der Waals surface area (Å²) in [5.41, 5.74) is 0.373. The number of carbonyl (C=O) groups excluding carboxylic acids is 2. The highest BCUT2D eigenvalue weighted by atomic mass is 19.1. The van der Waals surface area contributed by atoms with Gasteiger partial charge in [-0.15, -0.1) is 0 Å². The highest BCUT2D eigenvalue weighted by Gasteiger charge is 2.30. The summed E-state index contributed by atoms with van der Waals surface area (Å²) in [6.07, 6.45) is 3.29. The van der Waals surface area contributed by atoms with Crippen LogP contribution in [0.5, 0.6) is 0 Å². The van der Waals surface area contributed by atoms with Gasteiger partial charge in [-0.25, -0.2) is 4.39 Å². The minimum absolute atomic E-state index is 0.000315. The lowest BCUT2D eigenvalue weighted by Gasteiger charge is -2.34. The van der Waals surface area contributed by atoms with Gasteiger partial charge in [-0.3, -0.25) is 9.59 Å². The Hall–Kier alpha value is -1.91. The van der Waals surface area contributed by atoms with Gasteiger partial charge in [0.05, 0.1) is 0 Å². The fourth-order valence-corrected chi connectivity index (χ4v) is 3.26. The van der Waals surface area contributed by atoms with E-state index >= 15 is 0 Å². The molecule has 1 fully saturated rings. The van der Waals surface area contributed by atoms with E-state index in [1.54, 1.807) is 17.0 Å². The van der Waals surface area contributed by atoms with Crippen molar-refractivity contribution < 1.29 is 14.0 Å². The van der Waals surface area contributed by atoms with Gasteiger partial charge in [0.25, 0.3) is 5.91 Å². The number of hydrogen-bond acceptors (Lipinski definition) is 2. The Bertz CT molecular complexity index is 562. The first kappa shape index (κ1) is 18.4. The molecule has 0 aliphatic carbocycles. The lowest BCUT2D eigenvalue weighted by Crippen LogP contribution is -2.44. The van der Waals surface area contributed by atoms with Crippen molar-refractivity contribution in [1.82, 2.24) is 9.80 Å². The molecular formula is C19H27FN2O2. The number of piperidine rings is 1. The quantitative estimate of drug-likeness (QED) is 0.801. The van der Waals surface area contributed by atoms with Gasteiger partial charge in [-0.1, -0.05) is 19.9 Å². The third-order valence-corrected chi connectivity index (χ3v) is 4.50. The zero-order valence-electron chi connectivity index (χ0n) is 14.6. The van der Waals surface area contributed by atoms with Crippen molar-refractivity contribution in [1.29, 1.82) is 0 Å². The summed E-state index contributed by atoms with van der Waals surface area (Å²) in [5.74, 6) is -0.337. The summed E-state index contributed by atoms with van der Waals surface area (Å²) >= 11 is 0. The predicted molar refractivity (Wildman–Crippen MR) is 92.2 cm³/mol. The van der Waals surface area contributed by atoms with Crippen molar-refractivity contribution >= 4 is 11.8 Å². The van der Waals surface area contributed by atoms with Crippen LogP contribution in [0.4, 0.5) is 4.39 Å². The Morgan fingerprint density at radius 1 is 1.17 bits per heavy atom. The van der Waals surface area contributed by atoms with Crippen molar-refractivity contribution in [2.75, 3.05) is 26.2 Å². The Labute approximate surface area is 143 Å². The predicted octanol–water partition coefficient (Wildman–Crippen LogP) is 3.33. The van der Waals surface area contributed by atoms with E-state index in [4.69, 9.17) is 0 Å². The topological polar surface area (TPSA) is 40.6 Å². The standard InChI is InChI=1S/C19H27FN2O2/c1-3-10-21(11-4-2)18(23)15-8-12-22(13-9-15)19(24)16-6-5-7-17(20)14-16/h5-7,14-15H,3-4,8-13H2,1-2H3. The zero-order valence-corrected chi connectivity index (χ0v) is 14.6. The zero-order chi connectivity index (χ0) is 17.5. The van der Waals surface area contributed by atoms with E-state index in [0.717, 1.165) is 25.9 Å². The number of nitrogens with zero attached hydrogens (tertiary/aromatic N) is 2. The molecule has 0 aromatic heterocycles. The Kier molecular flexibility index (Phi) is 6.76. The van der Waals surface area contributed by atoms with Crippen LogP contribution in [-0.2, 0) is 4.79 Å². The minimum Gasteiger partial charge on any atom is -0.342 e. The fraction of sp³-hybridized carbons (Fsp3) is 0.579. The van der Waals surface area contributed by atoms with Gasteiger partial charge in [0.2, 0.25) is 5.91 Å². The number of benzene rings is 1. The summed E-state index contributed by atoms with van der Waals surface area (Å²) < 4.78 is 13.3. The van der Waals surface area contributed by atoms with Gasteiger partial charge >= 0.3 is 0 Å². The second kappa shape index (κ2) is 8.81. The first-order valence-electron chi connectivity index (χ1n) is 8.90. The normalized spacial score (nSPS) is 15.4. The van der Waals surface area contributed by atoms with E-state index in [0.29, 0.717) is 31.5 Å². The molecule has 24 heavy (non-hydrogen) atoms. The second-order valence-corrected chi connectivity index (χ2v) is 6.40. The molecule has 5 heteroatoms. The SMILES string of the molecule is CCCN(CCC)C(=O)C1CCN(C(=O)c2cccc(F)c2)CC1. The van der Waals surface area contributed by atoms with Crippen LogP contribution in [-0.4, -0.2) is 47.8 Å². The molecule has 0 N–H and O–H groups in total. The number of carbonyl (C=O) groups is 2. The van der Waals surface area contributed by atoms with Crippen molar-refractivity contribution in [2.24, 2.45) is 5.92 Å². The molecule has 0 radical (unpaired) electrons. The summed E-state index contributed by atoms with van der Waals surface area (Å²) in [6, 6.07) is 5.78. The van der Waals surface area contributed by atoms with E-state index in [1.807, 2.05) is 4.90 Å². The molecule has 4 nitrogen and oxygen atoms in total. The van der Waals surface area contributed by atoms with Crippen LogP contribution in [0.15, 0.2) is 24.3 Å². The fourth-order valence-electron chi connectivity index (χ4n) is 3.26. The van der Waals surface area contributed by atoms with Crippen LogP contribution >= 0.6 is 0 Å². The van der Waals surface area contributed by atoms with Crippen molar-refractivity contribution in [3.05, 3.63) is 35.6 Å². The van der Waals surface area contributed by atoms with Crippen LogP contribution in [0, 0.1) is 11.7 Å². The lowest BCUT2D eigenvalue weighted by molar-refractivity contribution is -0.137. The molecule has 2 rings (SSSR count). The maximum Gasteiger partial charge on any atom is 0.253 e. The van der Waals surface area contributed by atoms with E-state index in [9.17, 15) is 14.0 Å². The van der Waals surface area contributed by atoms with E-state index < -0.39 is 5.82 Å². The molecule has 0 bridgehead atoms. The monoisotopic (exact) mass is 334 g/mol. The molecule has 0 unspecified atom stereocenters. The molecule has 132 valence electrons. The molecule has 1 aliphatic heterocycles. The average molecular weight is 334 g/mol. The molecule has 1 aliphatic rings. The maximum atomic E-state index is 13.3. The third-order valence-electron chi connectivity index (χ3n) is 4.50. The minimum atomic E-state index is -0.402. The van der Waals surface area contributed by atoms with E-state index in [2.05, 4.69) is 13.8 Å². The summed E-state index contributed by atoms with van der Waals surface area (Å²) in [6.45, 7) is 6.87. The van der Waals surface area contributed by atoms with Gasteiger partial charge < -0.3 is 9.80 Å². The van der Waals surface area contributed by atoms with Crippen LogP contribution in [0.1, 0.15) is 49.9 Å². The third kappa shape index (κ3) is 4.56. The van der Waals surface area contributed by atoms with Crippen molar-refractivity contribution in [2.45, 2.75) is 39.5 Å². The van der Waals surface area contributed by atoms with Crippen LogP contribution < -0.4 is 0 Å². The highest BCUT2D eigenvalue weighted by Crippen LogP contribution is 2.22. The first-order chi connectivity index (χ1) is 11.6. The van der Waals surface area contributed by atoms with E-state index in [1.165, 1.54) is 12.1 Å². The van der Waals surface area contributed by atoms with Gasteiger partial charge in [-0.2, -0.15) is 0 Å². The lowest BCUT2D eigenvalue weighted by atomic mass is 9.94. The van der Waals surface area contributed by atoms with E-state index in [-0.39, 0.29) is 17.7 Å². The van der Waals surface area contributed by atoms with Crippen LogP contribution in [0.25, 0.3) is 0 Å². The largest absolute Gasteiger partial charge is 0.342 e. The van der Waals surface area contributed by atoms with Crippen molar-refractivity contribution in [3.63, 3.8) is 0 Å². The molecule has 1 saturated heterocycles. The van der Waals surface area contributed by atoms with Gasteiger partial charge in [0, 0.05) is 37.7 Å². The van der Waals surface area contributed by atoms with Gasteiger partial charge in [-0.05, 0) is 43.9 Å². The Morgan fingerprint density at radius 3 is 2.33 bits per heavy atom. The molecule has 1 heterocycles. The molecule has 1 aromatic rings. The smallest absolute Gasteiger partial charge is 0.253 e. The molecule has 0 atom stereocenters.